The van der Waals surface area contributed by atoms with Crippen molar-refractivity contribution in [3.63, 3.8) is 0 Å². The van der Waals surface area contributed by atoms with Crippen molar-refractivity contribution < 1.29 is 14.3 Å². The zero-order valence-corrected chi connectivity index (χ0v) is 19.5. The molecule has 0 aliphatic carbocycles. The predicted molar refractivity (Wildman–Crippen MR) is 123 cm³/mol. The lowest BCUT2D eigenvalue weighted by molar-refractivity contribution is -0.118. The first-order valence-corrected chi connectivity index (χ1v) is 10.8. The van der Waals surface area contributed by atoms with Crippen LogP contribution in [-0.4, -0.2) is 43.4 Å². The molecular weight excluding hydrogens is 408 g/mol. The Morgan fingerprint density at radius 1 is 1.19 bits per heavy atom. The molecule has 0 saturated carbocycles. The molecular formula is C23H32N6O3. The lowest BCUT2D eigenvalue weighted by Crippen LogP contribution is -2.47. The van der Waals surface area contributed by atoms with Gasteiger partial charge in [0.2, 0.25) is 11.9 Å². The van der Waals surface area contributed by atoms with Gasteiger partial charge in [-0.2, -0.15) is 4.98 Å². The molecule has 1 aromatic carbocycles. The standard InChI is InChI=1S/C23H32N6O3/c1-14(2)11-19-25-21(28-27-19)26-20(30)17(24-22(31)32-23(3,4)5)12-15-13-29(6)18-10-8-7-9-16(15)18/h7-10,13-14,17H,11-12H2,1-6H3,(H,24,31)(H2,25,26,27,28,30)/t17-/m1/s1. The molecule has 3 aromatic rings. The summed E-state index contributed by atoms with van der Waals surface area (Å²) >= 11 is 0. The van der Waals surface area contributed by atoms with Crippen molar-refractivity contribution in [3.8, 4) is 0 Å². The van der Waals surface area contributed by atoms with Gasteiger partial charge in [0.1, 0.15) is 17.5 Å². The van der Waals surface area contributed by atoms with Crippen molar-refractivity contribution >= 4 is 28.9 Å². The van der Waals surface area contributed by atoms with Crippen LogP contribution in [0.1, 0.15) is 46.0 Å². The molecule has 0 bridgehead atoms. The summed E-state index contributed by atoms with van der Waals surface area (Å²) in [5.74, 6) is 0.860. The Kier molecular flexibility index (Phi) is 6.86. The molecule has 3 rings (SSSR count). The Bertz CT molecular complexity index is 1090. The summed E-state index contributed by atoms with van der Waals surface area (Å²) in [6.07, 6.45) is 2.32. The Morgan fingerprint density at radius 3 is 2.59 bits per heavy atom. The molecule has 2 heterocycles. The van der Waals surface area contributed by atoms with E-state index in [1.165, 1.54) is 0 Å². The molecule has 1 atom stereocenters. The van der Waals surface area contributed by atoms with Crippen molar-refractivity contribution in [2.75, 3.05) is 5.32 Å². The lowest BCUT2D eigenvalue weighted by atomic mass is 10.0. The maximum absolute atomic E-state index is 13.1. The highest BCUT2D eigenvalue weighted by molar-refractivity contribution is 5.96. The van der Waals surface area contributed by atoms with Gasteiger partial charge >= 0.3 is 6.09 Å². The molecule has 0 aliphatic rings. The summed E-state index contributed by atoms with van der Waals surface area (Å²) in [4.78, 5) is 29.9. The first-order chi connectivity index (χ1) is 15.0. The summed E-state index contributed by atoms with van der Waals surface area (Å²) in [6.45, 7) is 9.47. The van der Waals surface area contributed by atoms with Crippen LogP contribution < -0.4 is 10.6 Å². The molecule has 3 N–H and O–H groups in total. The topological polar surface area (TPSA) is 114 Å². The van der Waals surface area contributed by atoms with Crippen molar-refractivity contribution in [1.29, 1.82) is 0 Å². The van der Waals surface area contributed by atoms with Gasteiger partial charge in [-0.25, -0.2) is 4.79 Å². The number of nitrogens with one attached hydrogen (secondary N) is 3. The van der Waals surface area contributed by atoms with Crippen molar-refractivity contribution in [2.45, 2.75) is 59.1 Å². The molecule has 2 amide bonds. The third-order valence-electron chi connectivity index (χ3n) is 4.78. The second-order valence-electron chi connectivity index (χ2n) is 9.38. The van der Waals surface area contributed by atoms with Crippen LogP contribution in [0.4, 0.5) is 10.7 Å². The number of benzene rings is 1. The van der Waals surface area contributed by atoms with Gasteiger partial charge in [-0.1, -0.05) is 32.0 Å². The van der Waals surface area contributed by atoms with E-state index in [1.54, 1.807) is 20.8 Å². The minimum Gasteiger partial charge on any atom is -0.444 e. The zero-order chi connectivity index (χ0) is 23.5. The molecule has 0 spiro atoms. The number of alkyl carbamates (subject to hydrolysis) is 1. The smallest absolute Gasteiger partial charge is 0.408 e. The number of nitrogens with zero attached hydrogens (tertiary/aromatic N) is 3. The summed E-state index contributed by atoms with van der Waals surface area (Å²) in [7, 11) is 1.95. The average Bonchev–Trinajstić information content (AvgIpc) is 3.23. The van der Waals surface area contributed by atoms with Crippen LogP contribution in [0.25, 0.3) is 10.9 Å². The Hall–Kier alpha value is -3.36. The van der Waals surface area contributed by atoms with Gasteiger partial charge in [0.25, 0.3) is 0 Å². The number of para-hydroxylation sites is 1. The van der Waals surface area contributed by atoms with E-state index in [0.717, 1.165) is 22.9 Å². The van der Waals surface area contributed by atoms with E-state index in [-0.39, 0.29) is 12.4 Å². The van der Waals surface area contributed by atoms with Crippen LogP contribution in [0.2, 0.25) is 0 Å². The van der Waals surface area contributed by atoms with Crippen LogP contribution in [0.15, 0.2) is 30.5 Å². The second-order valence-corrected chi connectivity index (χ2v) is 9.38. The second kappa shape index (κ2) is 9.42. The average molecular weight is 441 g/mol. The van der Waals surface area contributed by atoms with E-state index < -0.39 is 23.6 Å². The molecule has 0 saturated heterocycles. The van der Waals surface area contributed by atoms with Crippen LogP contribution in [-0.2, 0) is 29.4 Å². The Labute approximate surface area is 187 Å². The van der Waals surface area contributed by atoms with E-state index in [4.69, 9.17) is 4.74 Å². The quantitative estimate of drug-likeness (QED) is 0.520. The van der Waals surface area contributed by atoms with Crippen LogP contribution in [0.5, 0.6) is 0 Å². The van der Waals surface area contributed by atoms with Crippen molar-refractivity contribution in [2.24, 2.45) is 13.0 Å². The van der Waals surface area contributed by atoms with Gasteiger partial charge < -0.3 is 14.6 Å². The normalized spacial score (nSPS) is 12.7. The van der Waals surface area contributed by atoms with E-state index >= 15 is 0 Å². The number of fused-ring (bicyclic) bond motifs is 1. The number of rotatable bonds is 7. The summed E-state index contributed by atoms with van der Waals surface area (Å²) in [5, 5.41) is 13.4. The number of anilines is 1. The van der Waals surface area contributed by atoms with Gasteiger partial charge in [-0.15, -0.1) is 5.10 Å². The first kappa shape index (κ1) is 23.3. The molecule has 172 valence electrons. The van der Waals surface area contributed by atoms with E-state index in [1.807, 2.05) is 42.1 Å². The fraction of sp³-hybridized carbons (Fsp3) is 0.478. The molecule has 9 heteroatoms. The Morgan fingerprint density at radius 2 is 1.91 bits per heavy atom. The molecule has 32 heavy (non-hydrogen) atoms. The number of ether oxygens (including phenoxy) is 1. The maximum atomic E-state index is 13.1. The van der Waals surface area contributed by atoms with Gasteiger partial charge in [0, 0.05) is 37.0 Å². The molecule has 0 radical (unpaired) electrons. The number of hydrogen-bond donors (Lipinski definition) is 3. The number of carbonyl (C=O) groups excluding carboxylic acids is 2. The molecule has 0 unspecified atom stereocenters. The Balaban J connectivity index is 1.81. The number of hydrogen-bond acceptors (Lipinski definition) is 5. The minimum atomic E-state index is -0.872. The monoisotopic (exact) mass is 440 g/mol. The van der Waals surface area contributed by atoms with E-state index in [2.05, 4.69) is 39.7 Å². The predicted octanol–water partition coefficient (Wildman–Crippen LogP) is 3.57. The zero-order valence-electron chi connectivity index (χ0n) is 19.5. The highest BCUT2D eigenvalue weighted by Gasteiger charge is 2.27. The fourth-order valence-electron chi connectivity index (χ4n) is 3.49. The number of amides is 2. The van der Waals surface area contributed by atoms with Crippen molar-refractivity contribution in [3.05, 3.63) is 41.9 Å². The molecule has 0 fully saturated rings. The molecule has 2 aromatic heterocycles. The number of aromatic amines is 1. The number of carbonyl (C=O) groups is 2. The maximum Gasteiger partial charge on any atom is 0.408 e. The lowest BCUT2D eigenvalue weighted by Gasteiger charge is -2.23. The fourth-order valence-corrected chi connectivity index (χ4v) is 3.49. The van der Waals surface area contributed by atoms with Crippen LogP contribution >= 0.6 is 0 Å². The summed E-state index contributed by atoms with van der Waals surface area (Å²) in [5.41, 5.74) is 1.31. The molecule has 9 nitrogen and oxygen atoms in total. The highest BCUT2D eigenvalue weighted by atomic mass is 16.6. The number of aryl methyl sites for hydroxylation is 1. The van der Waals surface area contributed by atoms with E-state index in [0.29, 0.717) is 11.7 Å². The SMILES string of the molecule is CC(C)Cc1nc(NC(=O)[C@@H](Cc2cn(C)c3ccccc23)NC(=O)OC(C)(C)C)n[nH]1. The van der Waals surface area contributed by atoms with Gasteiger partial charge in [-0.05, 0) is 38.3 Å². The van der Waals surface area contributed by atoms with Crippen LogP contribution in [0, 0.1) is 5.92 Å². The third-order valence-corrected chi connectivity index (χ3v) is 4.78. The molecule has 0 aliphatic heterocycles. The van der Waals surface area contributed by atoms with Gasteiger partial charge in [-0.3, -0.25) is 15.2 Å². The third kappa shape index (κ3) is 6.09. The number of H-pyrrole nitrogens is 1. The largest absolute Gasteiger partial charge is 0.444 e. The van der Waals surface area contributed by atoms with Crippen LogP contribution in [0.3, 0.4) is 0 Å². The summed E-state index contributed by atoms with van der Waals surface area (Å²) in [6, 6.07) is 7.06. The highest BCUT2D eigenvalue weighted by Crippen LogP contribution is 2.22. The summed E-state index contributed by atoms with van der Waals surface area (Å²) < 4.78 is 7.37. The van der Waals surface area contributed by atoms with Gasteiger partial charge in [0.15, 0.2) is 0 Å². The van der Waals surface area contributed by atoms with Crippen molar-refractivity contribution in [1.82, 2.24) is 25.1 Å². The van der Waals surface area contributed by atoms with E-state index in [9.17, 15) is 9.59 Å². The first-order valence-electron chi connectivity index (χ1n) is 10.8. The number of aromatic nitrogens is 4. The van der Waals surface area contributed by atoms with Gasteiger partial charge in [0.05, 0.1) is 0 Å². The minimum absolute atomic E-state index is 0.180.